The van der Waals surface area contributed by atoms with Crippen LogP contribution in [-0.4, -0.2) is 13.4 Å². The van der Waals surface area contributed by atoms with Crippen LogP contribution < -0.4 is 10.5 Å². The van der Waals surface area contributed by atoms with Gasteiger partial charge in [0, 0.05) is 6.20 Å². The number of aromatic nitrogens is 1. The van der Waals surface area contributed by atoms with Gasteiger partial charge in [0.25, 0.3) is 10.0 Å². The van der Waals surface area contributed by atoms with Crippen molar-refractivity contribution in [1.29, 1.82) is 0 Å². The Labute approximate surface area is 108 Å². The van der Waals surface area contributed by atoms with E-state index in [0.717, 1.165) is 30.5 Å². The third-order valence-corrected chi connectivity index (χ3v) is 3.66. The third-order valence-electron chi connectivity index (χ3n) is 2.30. The molecule has 1 aromatic heterocycles. The van der Waals surface area contributed by atoms with E-state index in [-0.39, 0.29) is 16.3 Å². The number of anilines is 2. The highest BCUT2D eigenvalue weighted by Crippen LogP contribution is 2.20. The number of nitrogens with one attached hydrogen (secondary N) is 1. The minimum absolute atomic E-state index is 0.172. The molecule has 0 radical (unpaired) electrons. The van der Waals surface area contributed by atoms with Gasteiger partial charge in [-0.15, -0.1) is 0 Å². The molecule has 0 aliphatic heterocycles. The first kappa shape index (κ1) is 13.2. The molecule has 0 spiro atoms. The lowest BCUT2D eigenvalue weighted by Crippen LogP contribution is -2.14. The number of halogens is 2. The molecular formula is C11H9F2N3O2S. The third kappa shape index (κ3) is 2.79. The van der Waals surface area contributed by atoms with Gasteiger partial charge in [-0.2, -0.15) is 0 Å². The molecule has 0 aliphatic rings. The molecule has 0 atom stereocenters. The van der Waals surface area contributed by atoms with Crippen LogP contribution in [0, 0.1) is 11.6 Å². The SMILES string of the molecule is Nc1ccc(S(=O)(=O)Nc2ccncc2F)cc1F. The Bertz CT molecular complexity index is 720. The van der Waals surface area contributed by atoms with Crippen LogP contribution in [0.5, 0.6) is 0 Å². The predicted molar refractivity (Wildman–Crippen MR) is 65.8 cm³/mol. The van der Waals surface area contributed by atoms with E-state index in [1.54, 1.807) is 0 Å². The molecule has 100 valence electrons. The van der Waals surface area contributed by atoms with E-state index in [2.05, 4.69) is 4.98 Å². The number of pyridine rings is 1. The summed E-state index contributed by atoms with van der Waals surface area (Å²) in [6, 6.07) is 4.16. The van der Waals surface area contributed by atoms with Gasteiger partial charge in [-0.25, -0.2) is 17.2 Å². The molecule has 0 fully saturated rings. The number of nitrogens with two attached hydrogens (primary N) is 1. The number of hydrogen-bond donors (Lipinski definition) is 2. The lowest BCUT2D eigenvalue weighted by Gasteiger charge is -2.09. The van der Waals surface area contributed by atoms with Crippen molar-refractivity contribution in [2.45, 2.75) is 4.90 Å². The van der Waals surface area contributed by atoms with E-state index in [0.29, 0.717) is 0 Å². The fourth-order valence-electron chi connectivity index (χ4n) is 1.34. The lowest BCUT2D eigenvalue weighted by atomic mass is 10.3. The van der Waals surface area contributed by atoms with Crippen LogP contribution in [-0.2, 0) is 10.0 Å². The zero-order valence-corrected chi connectivity index (χ0v) is 10.3. The summed E-state index contributed by atoms with van der Waals surface area (Å²) in [4.78, 5) is 3.14. The second-order valence-electron chi connectivity index (χ2n) is 3.64. The molecule has 0 bridgehead atoms. The molecule has 1 aromatic carbocycles. The monoisotopic (exact) mass is 285 g/mol. The second kappa shape index (κ2) is 4.81. The van der Waals surface area contributed by atoms with Crippen molar-refractivity contribution in [3.05, 3.63) is 48.3 Å². The maximum atomic E-state index is 13.3. The molecule has 0 amide bonds. The van der Waals surface area contributed by atoms with Crippen LogP contribution >= 0.6 is 0 Å². The van der Waals surface area contributed by atoms with Crippen LogP contribution in [0.25, 0.3) is 0 Å². The highest BCUT2D eigenvalue weighted by atomic mass is 32.2. The van der Waals surface area contributed by atoms with Crippen LogP contribution in [0.3, 0.4) is 0 Å². The number of nitrogen functional groups attached to an aromatic ring is 1. The van der Waals surface area contributed by atoms with Crippen molar-refractivity contribution >= 4 is 21.4 Å². The van der Waals surface area contributed by atoms with Crippen LogP contribution in [0.15, 0.2) is 41.6 Å². The standard InChI is InChI=1S/C11H9F2N3O2S/c12-8-5-7(1-2-10(8)14)19(17,18)16-11-3-4-15-6-9(11)13/h1-6H,14H2,(H,15,16). The topological polar surface area (TPSA) is 85.1 Å². The van der Waals surface area contributed by atoms with E-state index in [4.69, 9.17) is 5.73 Å². The summed E-state index contributed by atoms with van der Waals surface area (Å²) >= 11 is 0. The fourth-order valence-corrected chi connectivity index (χ4v) is 2.42. The van der Waals surface area contributed by atoms with Gasteiger partial charge < -0.3 is 5.73 Å². The smallest absolute Gasteiger partial charge is 0.262 e. The van der Waals surface area contributed by atoms with Crippen LogP contribution in [0.4, 0.5) is 20.2 Å². The van der Waals surface area contributed by atoms with Crippen molar-refractivity contribution in [2.75, 3.05) is 10.5 Å². The largest absolute Gasteiger partial charge is 0.396 e. The maximum absolute atomic E-state index is 13.3. The van der Waals surface area contributed by atoms with Crippen molar-refractivity contribution in [2.24, 2.45) is 0 Å². The molecule has 0 saturated carbocycles. The second-order valence-corrected chi connectivity index (χ2v) is 5.33. The zero-order valence-electron chi connectivity index (χ0n) is 9.47. The van der Waals surface area contributed by atoms with E-state index in [9.17, 15) is 17.2 Å². The summed E-state index contributed by atoms with van der Waals surface area (Å²) in [5.41, 5.74) is 4.81. The summed E-state index contributed by atoms with van der Waals surface area (Å²) in [5.74, 6) is -1.69. The van der Waals surface area contributed by atoms with E-state index in [1.165, 1.54) is 6.20 Å². The number of hydrogen-bond acceptors (Lipinski definition) is 4. The van der Waals surface area contributed by atoms with E-state index in [1.807, 2.05) is 4.72 Å². The first-order chi connectivity index (χ1) is 8.90. The molecule has 19 heavy (non-hydrogen) atoms. The molecular weight excluding hydrogens is 276 g/mol. The van der Waals surface area contributed by atoms with E-state index >= 15 is 0 Å². The number of benzene rings is 1. The lowest BCUT2D eigenvalue weighted by molar-refractivity contribution is 0.594. The highest BCUT2D eigenvalue weighted by molar-refractivity contribution is 7.92. The van der Waals surface area contributed by atoms with Gasteiger partial charge in [-0.05, 0) is 24.3 Å². The van der Waals surface area contributed by atoms with Crippen LogP contribution in [0.2, 0.25) is 0 Å². The minimum atomic E-state index is -4.09. The summed E-state index contributed by atoms with van der Waals surface area (Å²) in [5, 5.41) is 0. The van der Waals surface area contributed by atoms with Gasteiger partial charge in [0.05, 0.1) is 22.5 Å². The van der Waals surface area contributed by atoms with Gasteiger partial charge >= 0.3 is 0 Å². The molecule has 2 rings (SSSR count). The number of rotatable bonds is 3. The number of sulfonamides is 1. The molecule has 2 aromatic rings. The quantitative estimate of drug-likeness (QED) is 0.841. The first-order valence-corrected chi connectivity index (χ1v) is 6.56. The van der Waals surface area contributed by atoms with Gasteiger partial charge in [0.15, 0.2) is 5.82 Å². The normalized spacial score (nSPS) is 11.3. The van der Waals surface area contributed by atoms with Gasteiger partial charge in [-0.3, -0.25) is 9.71 Å². The Morgan fingerprint density at radius 2 is 1.89 bits per heavy atom. The molecule has 3 N–H and O–H groups in total. The Morgan fingerprint density at radius 3 is 2.53 bits per heavy atom. The van der Waals surface area contributed by atoms with Crippen molar-refractivity contribution in [3.8, 4) is 0 Å². The summed E-state index contributed by atoms with van der Waals surface area (Å²) in [7, 11) is -4.09. The van der Waals surface area contributed by atoms with Gasteiger partial charge in [0.1, 0.15) is 5.82 Å². The van der Waals surface area contributed by atoms with Crippen LogP contribution in [0.1, 0.15) is 0 Å². The first-order valence-electron chi connectivity index (χ1n) is 5.07. The van der Waals surface area contributed by atoms with E-state index < -0.39 is 21.7 Å². The Balaban J connectivity index is 2.38. The average Bonchev–Trinajstić information content (AvgIpc) is 2.35. The predicted octanol–water partition coefficient (Wildman–Crippen LogP) is 1.74. The molecule has 1 heterocycles. The van der Waals surface area contributed by atoms with Gasteiger partial charge in [0.2, 0.25) is 0 Å². The zero-order chi connectivity index (χ0) is 14.0. The molecule has 8 heteroatoms. The van der Waals surface area contributed by atoms with Crippen molar-refractivity contribution in [1.82, 2.24) is 4.98 Å². The highest BCUT2D eigenvalue weighted by Gasteiger charge is 2.17. The maximum Gasteiger partial charge on any atom is 0.262 e. The summed E-state index contributed by atoms with van der Waals surface area (Å²) in [6.07, 6.45) is 2.09. The minimum Gasteiger partial charge on any atom is -0.396 e. The summed E-state index contributed by atoms with van der Waals surface area (Å²) < 4.78 is 52.3. The fraction of sp³-hybridized carbons (Fsp3) is 0. The molecule has 0 unspecified atom stereocenters. The van der Waals surface area contributed by atoms with Crippen molar-refractivity contribution < 1.29 is 17.2 Å². The van der Waals surface area contributed by atoms with Gasteiger partial charge in [-0.1, -0.05) is 0 Å². The molecule has 0 saturated heterocycles. The van der Waals surface area contributed by atoms with Crippen molar-refractivity contribution in [3.63, 3.8) is 0 Å². The number of nitrogens with zero attached hydrogens (tertiary/aromatic N) is 1. The Morgan fingerprint density at radius 1 is 1.16 bits per heavy atom. The summed E-state index contributed by atoms with van der Waals surface area (Å²) in [6.45, 7) is 0. The Kier molecular flexibility index (Phi) is 3.34. The Hall–Kier alpha value is -2.22. The average molecular weight is 285 g/mol. The molecule has 0 aliphatic carbocycles. The molecule has 5 nitrogen and oxygen atoms in total.